The Labute approximate surface area is 58.9 Å². The van der Waals surface area contributed by atoms with Crippen LogP contribution in [0.25, 0.3) is 0 Å². The first-order valence-corrected chi connectivity index (χ1v) is 3.01. The van der Waals surface area contributed by atoms with Crippen LogP contribution in [-0.4, -0.2) is 38.1 Å². The zero-order valence-electron chi connectivity index (χ0n) is 5.79. The summed E-state index contributed by atoms with van der Waals surface area (Å²) in [5.74, 6) is 0. The van der Waals surface area contributed by atoms with Gasteiger partial charge < -0.3 is 9.47 Å². The summed E-state index contributed by atoms with van der Waals surface area (Å²) in [7, 11) is 1.35. The predicted molar refractivity (Wildman–Crippen MR) is 33.1 cm³/mol. The monoisotopic (exact) mass is 146 g/mol. The molecule has 1 fully saturated rings. The number of amides is 1. The van der Waals surface area contributed by atoms with E-state index in [-0.39, 0.29) is 6.09 Å². The van der Waals surface area contributed by atoms with Crippen LogP contribution in [0.5, 0.6) is 0 Å². The molecule has 0 aromatic rings. The Morgan fingerprint density at radius 1 is 1.80 bits per heavy atom. The average molecular weight is 146 g/mol. The SMILES string of the molecule is COC(=O)N1CCOCN1. The van der Waals surface area contributed by atoms with E-state index >= 15 is 0 Å². The van der Waals surface area contributed by atoms with Gasteiger partial charge in [0.25, 0.3) is 0 Å². The number of nitrogens with zero attached hydrogens (tertiary/aromatic N) is 1. The molecule has 0 aromatic carbocycles. The zero-order chi connectivity index (χ0) is 7.40. The second kappa shape index (κ2) is 3.38. The summed E-state index contributed by atoms with van der Waals surface area (Å²) in [6.45, 7) is 1.46. The van der Waals surface area contributed by atoms with Gasteiger partial charge in [-0.05, 0) is 0 Å². The maximum atomic E-state index is 10.8. The standard InChI is InChI=1S/C5H10N2O3/c1-9-5(8)7-2-3-10-4-6-7/h6H,2-4H2,1H3. The molecular formula is C5H10N2O3. The lowest BCUT2D eigenvalue weighted by molar-refractivity contribution is -0.0143. The van der Waals surface area contributed by atoms with Gasteiger partial charge in [-0.1, -0.05) is 0 Å². The summed E-state index contributed by atoms with van der Waals surface area (Å²) in [5, 5.41) is 1.38. The highest BCUT2D eigenvalue weighted by Crippen LogP contribution is 1.92. The number of carbonyl (C=O) groups excluding carboxylic acids is 1. The lowest BCUT2D eigenvalue weighted by Crippen LogP contribution is -2.49. The van der Waals surface area contributed by atoms with Crippen molar-refractivity contribution in [1.29, 1.82) is 0 Å². The summed E-state index contributed by atoms with van der Waals surface area (Å²) in [6.07, 6.45) is -0.372. The molecule has 0 bridgehead atoms. The maximum absolute atomic E-state index is 10.8. The number of hydrogen-bond acceptors (Lipinski definition) is 4. The molecule has 0 unspecified atom stereocenters. The molecule has 0 radical (unpaired) electrons. The van der Waals surface area contributed by atoms with E-state index in [4.69, 9.17) is 4.74 Å². The molecule has 5 heteroatoms. The van der Waals surface area contributed by atoms with Crippen molar-refractivity contribution in [1.82, 2.24) is 10.4 Å². The molecule has 1 rings (SSSR count). The summed E-state index contributed by atoms with van der Waals surface area (Å²) in [5.41, 5.74) is 2.71. The van der Waals surface area contributed by atoms with E-state index < -0.39 is 0 Å². The van der Waals surface area contributed by atoms with Gasteiger partial charge in [0.2, 0.25) is 0 Å². The van der Waals surface area contributed by atoms with E-state index in [0.717, 1.165) is 0 Å². The Morgan fingerprint density at radius 2 is 2.60 bits per heavy atom. The first-order chi connectivity index (χ1) is 4.84. The first kappa shape index (κ1) is 7.30. The van der Waals surface area contributed by atoms with E-state index in [2.05, 4.69) is 10.2 Å². The minimum atomic E-state index is -0.372. The van der Waals surface area contributed by atoms with Crippen LogP contribution in [0.4, 0.5) is 4.79 Å². The van der Waals surface area contributed by atoms with Gasteiger partial charge in [-0.15, -0.1) is 0 Å². The third-order valence-corrected chi connectivity index (χ3v) is 1.21. The van der Waals surface area contributed by atoms with Crippen LogP contribution in [0.3, 0.4) is 0 Å². The number of ether oxygens (including phenoxy) is 2. The number of methoxy groups -OCH3 is 1. The summed E-state index contributed by atoms with van der Waals surface area (Å²) in [6, 6.07) is 0. The van der Waals surface area contributed by atoms with Crippen molar-refractivity contribution >= 4 is 6.09 Å². The molecule has 0 spiro atoms. The Morgan fingerprint density at radius 3 is 3.10 bits per heavy atom. The number of hydrazine groups is 1. The number of rotatable bonds is 0. The lowest BCUT2D eigenvalue weighted by Gasteiger charge is -2.25. The van der Waals surface area contributed by atoms with Crippen molar-refractivity contribution in [3.05, 3.63) is 0 Å². The van der Waals surface area contributed by atoms with Gasteiger partial charge in [0.15, 0.2) is 0 Å². The Bertz CT molecular complexity index is 122. The topological polar surface area (TPSA) is 50.8 Å². The molecule has 58 valence electrons. The van der Waals surface area contributed by atoms with Gasteiger partial charge in [0, 0.05) is 0 Å². The Kier molecular flexibility index (Phi) is 2.47. The van der Waals surface area contributed by atoms with Gasteiger partial charge in [-0.25, -0.2) is 15.2 Å². The van der Waals surface area contributed by atoms with Crippen molar-refractivity contribution < 1.29 is 14.3 Å². The van der Waals surface area contributed by atoms with Crippen LogP contribution in [0.15, 0.2) is 0 Å². The smallest absolute Gasteiger partial charge is 0.424 e. The molecule has 0 aromatic heterocycles. The molecule has 10 heavy (non-hydrogen) atoms. The van der Waals surface area contributed by atoms with E-state index in [1.54, 1.807) is 0 Å². The predicted octanol–water partition coefficient (Wildman–Crippen LogP) is -0.453. The largest absolute Gasteiger partial charge is 0.452 e. The van der Waals surface area contributed by atoms with Crippen LogP contribution in [-0.2, 0) is 9.47 Å². The fraction of sp³-hybridized carbons (Fsp3) is 0.800. The summed E-state index contributed by atoms with van der Waals surface area (Å²) >= 11 is 0. The fourth-order valence-electron chi connectivity index (χ4n) is 0.697. The van der Waals surface area contributed by atoms with Crippen LogP contribution in [0.1, 0.15) is 0 Å². The number of hydrogen-bond donors (Lipinski definition) is 1. The van der Waals surface area contributed by atoms with Crippen molar-refractivity contribution in [2.75, 3.05) is 27.0 Å². The molecule has 1 aliphatic rings. The van der Waals surface area contributed by atoms with Gasteiger partial charge in [0.05, 0.1) is 20.3 Å². The molecule has 1 amide bonds. The van der Waals surface area contributed by atoms with Crippen LogP contribution in [0.2, 0.25) is 0 Å². The average Bonchev–Trinajstić information content (AvgIpc) is 2.05. The molecule has 0 saturated carbocycles. The number of nitrogens with one attached hydrogen (secondary N) is 1. The maximum Gasteiger partial charge on any atom is 0.424 e. The van der Waals surface area contributed by atoms with Crippen LogP contribution < -0.4 is 5.43 Å². The van der Waals surface area contributed by atoms with E-state index in [1.807, 2.05) is 0 Å². The molecule has 5 nitrogen and oxygen atoms in total. The Hall–Kier alpha value is -0.810. The van der Waals surface area contributed by atoms with Gasteiger partial charge in [-0.2, -0.15) is 0 Å². The normalized spacial score (nSPS) is 18.7. The lowest BCUT2D eigenvalue weighted by atomic mass is 10.6. The molecule has 1 heterocycles. The quantitative estimate of drug-likeness (QED) is 0.502. The van der Waals surface area contributed by atoms with Crippen molar-refractivity contribution in [2.45, 2.75) is 0 Å². The molecule has 1 saturated heterocycles. The highest BCUT2D eigenvalue weighted by atomic mass is 16.6. The zero-order valence-corrected chi connectivity index (χ0v) is 5.79. The number of carbonyl (C=O) groups is 1. The highest BCUT2D eigenvalue weighted by molar-refractivity contribution is 5.66. The fourth-order valence-corrected chi connectivity index (χ4v) is 0.697. The van der Waals surface area contributed by atoms with Gasteiger partial charge >= 0.3 is 6.09 Å². The van der Waals surface area contributed by atoms with Crippen molar-refractivity contribution in [3.8, 4) is 0 Å². The summed E-state index contributed by atoms with van der Waals surface area (Å²) < 4.78 is 9.39. The molecule has 1 aliphatic heterocycles. The second-order valence-corrected chi connectivity index (χ2v) is 1.83. The van der Waals surface area contributed by atoms with Gasteiger partial charge in [0.1, 0.15) is 6.73 Å². The molecule has 1 N–H and O–H groups in total. The van der Waals surface area contributed by atoms with Gasteiger partial charge in [-0.3, -0.25) is 0 Å². The molecule has 0 aliphatic carbocycles. The minimum Gasteiger partial charge on any atom is -0.452 e. The van der Waals surface area contributed by atoms with Crippen molar-refractivity contribution in [2.24, 2.45) is 0 Å². The summed E-state index contributed by atoms with van der Waals surface area (Å²) in [4.78, 5) is 10.8. The van der Waals surface area contributed by atoms with Crippen LogP contribution >= 0.6 is 0 Å². The molecular weight excluding hydrogens is 136 g/mol. The van der Waals surface area contributed by atoms with E-state index in [9.17, 15) is 4.79 Å². The third kappa shape index (κ3) is 1.58. The van der Waals surface area contributed by atoms with E-state index in [1.165, 1.54) is 12.1 Å². The second-order valence-electron chi connectivity index (χ2n) is 1.83. The molecule has 0 atom stereocenters. The Balaban J connectivity index is 2.31. The third-order valence-electron chi connectivity index (χ3n) is 1.21. The van der Waals surface area contributed by atoms with Crippen molar-refractivity contribution in [3.63, 3.8) is 0 Å². The minimum absolute atomic E-state index is 0.370. The highest BCUT2D eigenvalue weighted by Gasteiger charge is 2.15. The van der Waals surface area contributed by atoms with E-state index in [0.29, 0.717) is 19.9 Å². The van der Waals surface area contributed by atoms with Crippen LogP contribution in [0, 0.1) is 0 Å². The first-order valence-electron chi connectivity index (χ1n) is 3.01.